The number of aliphatic hydroxyl groups is 1. The number of rotatable bonds is 6. The molecular formula is C17H27NO3. The Hall–Kier alpha value is -1.39. The van der Waals surface area contributed by atoms with E-state index in [0.717, 1.165) is 11.1 Å². The maximum Gasteiger partial charge on any atom is 0.323 e. The molecule has 0 heterocycles. The van der Waals surface area contributed by atoms with Gasteiger partial charge in [-0.2, -0.15) is 0 Å². The molecule has 0 bridgehead atoms. The van der Waals surface area contributed by atoms with E-state index in [4.69, 9.17) is 9.84 Å². The lowest BCUT2D eigenvalue weighted by molar-refractivity contribution is -0.158. The predicted molar refractivity (Wildman–Crippen MR) is 83.7 cm³/mol. The summed E-state index contributed by atoms with van der Waals surface area (Å²) in [6, 6.07) is 7.33. The van der Waals surface area contributed by atoms with Gasteiger partial charge in [-0.3, -0.25) is 4.79 Å². The van der Waals surface area contributed by atoms with Crippen molar-refractivity contribution in [2.24, 2.45) is 5.92 Å². The van der Waals surface area contributed by atoms with Crippen LogP contribution in [-0.4, -0.2) is 22.7 Å². The van der Waals surface area contributed by atoms with Crippen LogP contribution in [0.4, 0.5) is 0 Å². The van der Waals surface area contributed by atoms with E-state index in [9.17, 15) is 4.79 Å². The van der Waals surface area contributed by atoms with Crippen LogP contribution in [0.15, 0.2) is 24.3 Å². The van der Waals surface area contributed by atoms with Gasteiger partial charge >= 0.3 is 5.97 Å². The summed E-state index contributed by atoms with van der Waals surface area (Å²) in [5, 5.41) is 12.3. The van der Waals surface area contributed by atoms with Gasteiger partial charge in [-0.15, -0.1) is 0 Å². The molecule has 2 N–H and O–H groups in total. The Morgan fingerprint density at radius 2 is 1.71 bits per heavy atom. The quantitative estimate of drug-likeness (QED) is 0.792. The van der Waals surface area contributed by atoms with E-state index in [1.54, 1.807) is 0 Å². The Labute approximate surface area is 127 Å². The van der Waals surface area contributed by atoms with Gasteiger partial charge in [-0.1, -0.05) is 38.1 Å². The normalized spacial score (nSPS) is 13.3. The van der Waals surface area contributed by atoms with Crippen LogP contribution in [0, 0.1) is 5.92 Å². The van der Waals surface area contributed by atoms with E-state index in [-0.39, 0.29) is 24.5 Å². The number of carbonyl (C=O) groups excluding carboxylic acids is 1. The maximum atomic E-state index is 12.2. The number of nitrogens with one attached hydrogen (secondary N) is 1. The third kappa shape index (κ3) is 6.27. The molecule has 1 aromatic carbocycles. The third-order valence-corrected chi connectivity index (χ3v) is 3.06. The van der Waals surface area contributed by atoms with Crippen LogP contribution in [-0.2, 0) is 22.7 Å². The monoisotopic (exact) mass is 293 g/mol. The number of hydrogen-bond donors (Lipinski definition) is 2. The van der Waals surface area contributed by atoms with Crippen LogP contribution < -0.4 is 5.32 Å². The summed E-state index contributed by atoms with van der Waals surface area (Å²) >= 11 is 0. The molecule has 0 saturated carbocycles. The van der Waals surface area contributed by atoms with Crippen molar-refractivity contribution in [3.05, 3.63) is 35.4 Å². The van der Waals surface area contributed by atoms with Crippen molar-refractivity contribution in [1.29, 1.82) is 0 Å². The van der Waals surface area contributed by atoms with Crippen LogP contribution in [0.5, 0.6) is 0 Å². The minimum Gasteiger partial charge on any atom is -0.459 e. The Balaban J connectivity index is 2.64. The lowest BCUT2D eigenvalue weighted by Crippen LogP contribution is -2.44. The second kappa shape index (κ2) is 7.57. The fourth-order valence-corrected chi connectivity index (χ4v) is 1.95. The number of aliphatic hydroxyl groups excluding tert-OH is 1. The molecule has 21 heavy (non-hydrogen) atoms. The van der Waals surface area contributed by atoms with Crippen molar-refractivity contribution < 1.29 is 14.6 Å². The van der Waals surface area contributed by atoms with Crippen LogP contribution >= 0.6 is 0 Å². The van der Waals surface area contributed by atoms with Crippen molar-refractivity contribution in [2.75, 3.05) is 0 Å². The first-order valence-corrected chi connectivity index (χ1v) is 7.38. The van der Waals surface area contributed by atoms with Crippen LogP contribution in [0.1, 0.15) is 45.7 Å². The van der Waals surface area contributed by atoms with Crippen molar-refractivity contribution in [2.45, 2.75) is 59.4 Å². The van der Waals surface area contributed by atoms with E-state index in [2.05, 4.69) is 5.32 Å². The highest BCUT2D eigenvalue weighted by Crippen LogP contribution is 2.13. The average molecular weight is 293 g/mol. The van der Waals surface area contributed by atoms with Gasteiger partial charge in [-0.25, -0.2) is 0 Å². The fourth-order valence-electron chi connectivity index (χ4n) is 1.95. The van der Waals surface area contributed by atoms with Crippen LogP contribution in [0.3, 0.4) is 0 Å². The molecule has 118 valence electrons. The molecule has 1 rings (SSSR count). The van der Waals surface area contributed by atoms with E-state index >= 15 is 0 Å². The average Bonchev–Trinajstić information content (AvgIpc) is 2.37. The molecule has 0 amide bonds. The van der Waals surface area contributed by atoms with Crippen molar-refractivity contribution >= 4 is 5.97 Å². The van der Waals surface area contributed by atoms with Gasteiger partial charge in [0.15, 0.2) is 0 Å². The summed E-state index contributed by atoms with van der Waals surface area (Å²) in [6.07, 6.45) is 0. The van der Waals surface area contributed by atoms with E-state index < -0.39 is 5.60 Å². The molecule has 0 unspecified atom stereocenters. The largest absolute Gasteiger partial charge is 0.459 e. The zero-order valence-corrected chi connectivity index (χ0v) is 13.6. The third-order valence-electron chi connectivity index (χ3n) is 3.06. The van der Waals surface area contributed by atoms with E-state index in [1.165, 1.54) is 0 Å². The SMILES string of the molecule is CC(C)[C@@H](NCc1ccc(CO)cc1)C(=O)OC(C)(C)C. The number of hydrogen-bond acceptors (Lipinski definition) is 4. The van der Waals surface area contributed by atoms with Gasteiger partial charge in [0.2, 0.25) is 0 Å². The van der Waals surface area contributed by atoms with Crippen molar-refractivity contribution in [3.63, 3.8) is 0 Å². The Kier molecular flexibility index (Phi) is 6.37. The van der Waals surface area contributed by atoms with Gasteiger partial charge in [-0.05, 0) is 37.8 Å². The zero-order valence-electron chi connectivity index (χ0n) is 13.6. The first-order chi connectivity index (χ1) is 9.73. The number of benzene rings is 1. The summed E-state index contributed by atoms with van der Waals surface area (Å²) in [5.41, 5.74) is 1.47. The van der Waals surface area contributed by atoms with Gasteiger partial charge < -0.3 is 15.2 Å². The summed E-state index contributed by atoms with van der Waals surface area (Å²) < 4.78 is 5.45. The molecule has 0 fully saturated rings. The molecule has 0 radical (unpaired) electrons. The predicted octanol–water partition coefficient (Wildman–Crippen LogP) is 2.63. The zero-order chi connectivity index (χ0) is 16.0. The number of carbonyl (C=O) groups is 1. The fraction of sp³-hybridized carbons (Fsp3) is 0.588. The van der Waals surface area contributed by atoms with Gasteiger partial charge in [0.05, 0.1) is 6.61 Å². The molecular weight excluding hydrogens is 266 g/mol. The summed E-state index contributed by atoms with van der Waals surface area (Å²) in [7, 11) is 0. The number of esters is 1. The van der Waals surface area contributed by atoms with E-state index in [1.807, 2.05) is 58.9 Å². The van der Waals surface area contributed by atoms with Crippen LogP contribution in [0.2, 0.25) is 0 Å². The molecule has 1 atom stereocenters. The molecule has 0 saturated heterocycles. The Morgan fingerprint density at radius 3 is 2.14 bits per heavy atom. The minimum absolute atomic E-state index is 0.0419. The second-order valence-corrected chi connectivity index (χ2v) is 6.61. The van der Waals surface area contributed by atoms with Crippen LogP contribution in [0.25, 0.3) is 0 Å². The molecule has 0 spiro atoms. The first-order valence-electron chi connectivity index (χ1n) is 7.38. The lowest BCUT2D eigenvalue weighted by atomic mass is 10.0. The molecule has 4 nitrogen and oxygen atoms in total. The molecule has 0 aliphatic carbocycles. The van der Waals surface area contributed by atoms with E-state index in [0.29, 0.717) is 6.54 Å². The smallest absolute Gasteiger partial charge is 0.323 e. The standard InChI is InChI=1S/C17H27NO3/c1-12(2)15(16(20)21-17(3,4)5)18-10-13-6-8-14(11-19)9-7-13/h6-9,12,15,18-19H,10-11H2,1-5H3/t15-/m1/s1. The first kappa shape index (κ1) is 17.7. The van der Waals surface area contributed by atoms with Gasteiger partial charge in [0, 0.05) is 6.54 Å². The molecule has 0 aromatic heterocycles. The maximum absolute atomic E-state index is 12.2. The minimum atomic E-state index is -0.478. The number of ether oxygens (including phenoxy) is 1. The van der Waals surface area contributed by atoms with Crippen molar-refractivity contribution in [1.82, 2.24) is 5.32 Å². The van der Waals surface area contributed by atoms with Gasteiger partial charge in [0.25, 0.3) is 0 Å². The molecule has 4 heteroatoms. The lowest BCUT2D eigenvalue weighted by Gasteiger charge is -2.26. The topological polar surface area (TPSA) is 58.6 Å². The summed E-state index contributed by atoms with van der Waals surface area (Å²) in [5.74, 6) is -0.0685. The highest BCUT2D eigenvalue weighted by Gasteiger charge is 2.27. The Bertz CT molecular complexity index is 446. The van der Waals surface area contributed by atoms with Gasteiger partial charge in [0.1, 0.15) is 11.6 Å². The highest BCUT2D eigenvalue weighted by molar-refractivity contribution is 5.76. The highest BCUT2D eigenvalue weighted by atomic mass is 16.6. The van der Waals surface area contributed by atoms with Crippen molar-refractivity contribution in [3.8, 4) is 0 Å². The summed E-state index contributed by atoms with van der Waals surface area (Å²) in [4.78, 5) is 12.2. The molecule has 0 aliphatic rings. The molecule has 1 aromatic rings. The second-order valence-electron chi connectivity index (χ2n) is 6.61. The Morgan fingerprint density at radius 1 is 1.19 bits per heavy atom. The molecule has 0 aliphatic heterocycles. The summed E-state index contributed by atoms with van der Waals surface area (Å²) in [6.45, 7) is 10.2.